The molecule has 0 atom stereocenters. The second-order valence-electron chi connectivity index (χ2n) is 5.45. The summed E-state index contributed by atoms with van der Waals surface area (Å²) in [5.41, 5.74) is 0.801. The standard InChI is InChI=1S/C14H18BrN5O2/c1-10(2)22-14(21)19-7-5-18(6-8-19)13-4-3-12-16-9-11(15)20(12)17-13/h3-4,9-10H,5-8H2,1-2H3. The lowest BCUT2D eigenvalue weighted by molar-refractivity contribution is 0.0751. The number of fused-ring (bicyclic) bond motifs is 1. The van der Waals surface area contributed by atoms with Gasteiger partial charge in [0, 0.05) is 26.2 Å². The highest BCUT2D eigenvalue weighted by Gasteiger charge is 2.23. The number of carbonyl (C=O) groups is 1. The van der Waals surface area contributed by atoms with Gasteiger partial charge in [-0.25, -0.2) is 14.3 Å². The van der Waals surface area contributed by atoms with Crippen molar-refractivity contribution in [2.24, 2.45) is 0 Å². The molecule has 1 aliphatic rings. The molecule has 1 fully saturated rings. The Balaban J connectivity index is 1.67. The summed E-state index contributed by atoms with van der Waals surface area (Å²) in [6, 6.07) is 3.89. The Bertz CT molecular complexity index is 679. The van der Waals surface area contributed by atoms with Crippen molar-refractivity contribution >= 4 is 33.5 Å². The van der Waals surface area contributed by atoms with Gasteiger partial charge in [0.05, 0.1) is 12.3 Å². The molecule has 0 N–H and O–H groups in total. The Labute approximate surface area is 137 Å². The van der Waals surface area contributed by atoms with Gasteiger partial charge in [0.2, 0.25) is 0 Å². The summed E-state index contributed by atoms with van der Waals surface area (Å²) in [6.45, 7) is 6.45. The first-order chi connectivity index (χ1) is 10.5. The molecule has 1 saturated heterocycles. The number of imidazole rings is 1. The van der Waals surface area contributed by atoms with E-state index in [2.05, 4.69) is 30.9 Å². The molecule has 0 bridgehead atoms. The minimum absolute atomic E-state index is 0.0896. The fourth-order valence-electron chi connectivity index (χ4n) is 2.40. The number of rotatable bonds is 2. The van der Waals surface area contributed by atoms with E-state index >= 15 is 0 Å². The van der Waals surface area contributed by atoms with Crippen molar-refractivity contribution in [1.82, 2.24) is 19.5 Å². The van der Waals surface area contributed by atoms with E-state index in [-0.39, 0.29) is 12.2 Å². The highest BCUT2D eigenvalue weighted by atomic mass is 79.9. The Morgan fingerprint density at radius 2 is 2.00 bits per heavy atom. The van der Waals surface area contributed by atoms with Gasteiger partial charge >= 0.3 is 6.09 Å². The minimum atomic E-state index is -0.240. The number of carbonyl (C=O) groups excluding carboxylic acids is 1. The van der Waals surface area contributed by atoms with Crippen molar-refractivity contribution < 1.29 is 9.53 Å². The number of amides is 1. The summed E-state index contributed by atoms with van der Waals surface area (Å²) < 4.78 is 7.81. The van der Waals surface area contributed by atoms with Crippen LogP contribution in [0.2, 0.25) is 0 Å². The third-order valence-electron chi connectivity index (χ3n) is 3.51. The summed E-state index contributed by atoms with van der Waals surface area (Å²) in [7, 11) is 0. The second kappa shape index (κ2) is 6.12. The van der Waals surface area contributed by atoms with E-state index in [4.69, 9.17) is 4.74 Å². The lowest BCUT2D eigenvalue weighted by atomic mass is 10.3. The van der Waals surface area contributed by atoms with Crippen LogP contribution in [0, 0.1) is 0 Å². The van der Waals surface area contributed by atoms with Crippen LogP contribution in [0.25, 0.3) is 5.65 Å². The van der Waals surface area contributed by atoms with E-state index in [1.165, 1.54) is 0 Å². The molecule has 0 radical (unpaired) electrons. The van der Waals surface area contributed by atoms with Crippen LogP contribution in [0.1, 0.15) is 13.8 Å². The van der Waals surface area contributed by atoms with Crippen molar-refractivity contribution in [2.75, 3.05) is 31.1 Å². The molecule has 1 aliphatic heterocycles. The molecule has 0 aliphatic carbocycles. The average molecular weight is 368 g/mol. The normalized spacial score (nSPS) is 15.6. The number of ether oxygens (including phenoxy) is 1. The molecular formula is C14H18BrN5O2. The molecule has 0 saturated carbocycles. The number of nitrogens with zero attached hydrogens (tertiary/aromatic N) is 5. The molecule has 8 heteroatoms. The molecular weight excluding hydrogens is 350 g/mol. The van der Waals surface area contributed by atoms with Crippen LogP contribution < -0.4 is 4.90 Å². The summed E-state index contributed by atoms with van der Waals surface area (Å²) in [4.78, 5) is 20.0. The van der Waals surface area contributed by atoms with Gasteiger partial charge in [-0.05, 0) is 41.9 Å². The predicted molar refractivity (Wildman–Crippen MR) is 86.1 cm³/mol. The van der Waals surface area contributed by atoms with Gasteiger partial charge in [-0.2, -0.15) is 0 Å². The molecule has 0 spiro atoms. The monoisotopic (exact) mass is 367 g/mol. The first-order valence-electron chi connectivity index (χ1n) is 7.25. The van der Waals surface area contributed by atoms with Crippen molar-refractivity contribution in [1.29, 1.82) is 0 Å². The molecule has 3 heterocycles. The van der Waals surface area contributed by atoms with Crippen molar-refractivity contribution in [3.05, 3.63) is 22.9 Å². The third kappa shape index (κ3) is 3.01. The number of halogens is 1. The molecule has 1 amide bonds. The maximum atomic E-state index is 11.9. The topological polar surface area (TPSA) is 63.0 Å². The smallest absolute Gasteiger partial charge is 0.410 e. The van der Waals surface area contributed by atoms with Crippen LogP contribution in [-0.4, -0.2) is 57.9 Å². The molecule has 3 rings (SSSR count). The zero-order chi connectivity index (χ0) is 15.7. The van der Waals surface area contributed by atoms with Crippen LogP contribution in [0.5, 0.6) is 0 Å². The summed E-state index contributed by atoms with van der Waals surface area (Å²) in [6.07, 6.45) is 1.40. The van der Waals surface area contributed by atoms with Crippen molar-refractivity contribution in [3.8, 4) is 0 Å². The molecule has 0 unspecified atom stereocenters. The van der Waals surface area contributed by atoms with Gasteiger partial charge in [-0.3, -0.25) is 0 Å². The van der Waals surface area contributed by atoms with Gasteiger partial charge in [0.1, 0.15) is 10.4 Å². The second-order valence-corrected chi connectivity index (χ2v) is 6.26. The molecule has 7 nitrogen and oxygen atoms in total. The van der Waals surface area contributed by atoms with Crippen LogP contribution in [0.3, 0.4) is 0 Å². The molecule has 118 valence electrons. The summed E-state index contributed by atoms with van der Waals surface area (Å²) >= 11 is 3.43. The van der Waals surface area contributed by atoms with Crippen LogP contribution in [0.4, 0.5) is 10.6 Å². The molecule has 2 aromatic heterocycles. The zero-order valence-electron chi connectivity index (χ0n) is 12.6. The summed E-state index contributed by atoms with van der Waals surface area (Å²) in [5.74, 6) is 0.878. The lowest BCUT2D eigenvalue weighted by Crippen LogP contribution is -2.49. The third-order valence-corrected chi connectivity index (χ3v) is 4.05. The van der Waals surface area contributed by atoms with Crippen molar-refractivity contribution in [2.45, 2.75) is 20.0 Å². The van der Waals surface area contributed by atoms with Crippen molar-refractivity contribution in [3.63, 3.8) is 0 Å². The van der Waals surface area contributed by atoms with Gasteiger partial charge in [-0.1, -0.05) is 0 Å². The van der Waals surface area contributed by atoms with E-state index in [0.29, 0.717) is 13.1 Å². The number of hydrogen-bond acceptors (Lipinski definition) is 5. The highest BCUT2D eigenvalue weighted by Crippen LogP contribution is 2.18. The van der Waals surface area contributed by atoms with E-state index in [0.717, 1.165) is 29.2 Å². The number of aromatic nitrogens is 3. The minimum Gasteiger partial charge on any atom is -0.447 e. The van der Waals surface area contributed by atoms with E-state index < -0.39 is 0 Å². The molecule has 2 aromatic rings. The van der Waals surface area contributed by atoms with Gasteiger partial charge in [-0.15, -0.1) is 5.10 Å². The zero-order valence-corrected chi connectivity index (χ0v) is 14.2. The van der Waals surface area contributed by atoms with Crippen LogP contribution >= 0.6 is 15.9 Å². The molecule has 22 heavy (non-hydrogen) atoms. The molecule has 0 aromatic carbocycles. The first-order valence-corrected chi connectivity index (χ1v) is 8.04. The number of hydrogen-bond donors (Lipinski definition) is 0. The number of piperazine rings is 1. The van der Waals surface area contributed by atoms with E-state index in [1.54, 1.807) is 15.6 Å². The Morgan fingerprint density at radius 3 is 2.68 bits per heavy atom. The maximum Gasteiger partial charge on any atom is 0.410 e. The Kier molecular flexibility index (Phi) is 4.19. The van der Waals surface area contributed by atoms with Crippen LogP contribution in [0.15, 0.2) is 22.9 Å². The fourth-order valence-corrected chi connectivity index (χ4v) is 2.76. The lowest BCUT2D eigenvalue weighted by Gasteiger charge is -2.35. The van der Waals surface area contributed by atoms with E-state index in [9.17, 15) is 4.79 Å². The van der Waals surface area contributed by atoms with E-state index in [1.807, 2.05) is 26.0 Å². The average Bonchev–Trinajstić information content (AvgIpc) is 2.88. The van der Waals surface area contributed by atoms with Crippen LogP contribution in [-0.2, 0) is 4.74 Å². The Hall–Kier alpha value is -1.83. The summed E-state index contributed by atoms with van der Waals surface area (Å²) in [5, 5.41) is 4.58. The SMILES string of the molecule is CC(C)OC(=O)N1CCN(c2ccc3ncc(Br)n3n2)CC1. The fraction of sp³-hybridized carbons (Fsp3) is 0.500. The number of anilines is 1. The first kappa shape index (κ1) is 15.1. The quantitative estimate of drug-likeness (QED) is 0.813. The Morgan fingerprint density at radius 1 is 1.27 bits per heavy atom. The van der Waals surface area contributed by atoms with Gasteiger partial charge < -0.3 is 14.5 Å². The van der Waals surface area contributed by atoms with Gasteiger partial charge in [0.15, 0.2) is 5.65 Å². The van der Waals surface area contributed by atoms with Gasteiger partial charge in [0.25, 0.3) is 0 Å². The maximum absolute atomic E-state index is 11.9. The largest absolute Gasteiger partial charge is 0.447 e. The predicted octanol–water partition coefficient (Wildman–Crippen LogP) is 2.16. The highest BCUT2D eigenvalue weighted by molar-refractivity contribution is 9.10.